The molecule has 0 spiro atoms. The largest absolute Gasteiger partial charge is 0.311 e. The van der Waals surface area contributed by atoms with Crippen LogP contribution < -0.4 is 10.4 Å². The maximum Gasteiger partial charge on any atom is 0.297 e. The Labute approximate surface area is 193 Å². The Morgan fingerprint density at radius 2 is 1.62 bits per heavy atom. The quantitative estimate of drug-likeness (QED) is 0.350. The van der Waals surface area contributed by atoms with Gasteiger partial charge >= 0.3 is 0 Å². The molecule has 3 heterocycles. The first-order chi connectivity index (χ1) is 15.6. The predicted molar refractivity (Wildman–Crippen MR) is 132 cm³/mol. The van der Waals surface area contributed by atoms with E-state index >= 15 is 0 Å². The van der Waals surface area contributed by atoms with Crippen molar-refractivity contribution in [3.05, 3.63) is 110 Å². The topological polar surface area (TPSA) is 44.2 Å². The van der Waals surface area contributed by atoms with Crippen LogP contribution in [0.15, 0.2) is 93.3 Å². The summed E-state index contributed by atoms with van der Waals surface area (Å²) in [5, 5.41) is 4.21. The van der Waals surface area contributed by atoms with Crippen LogP contribution in [0.5, 0.6) is 0 Å². The Hall–Kier alpha value is -3.42. The zero-order chi connectivity index (χ0) is 22.1. The second kappa shape index (κ2) is 8.61. The molecule has 5 nitrogen and oxygen atoms in total. The fourth-order valence-electron chi connectivity index (χ4n) is 3.74. The molecule has 0 aliphatic carbocycles. The Morgan fingerprint density at radius 1 is 0.906 bits per heavy atom. The lowest BCUT2D eigenvalue weighted by atomic mass is 10.2. The number of para-hydroxylation sites is 1. The second-order valence-corrected chi connectivity index (χ2v) is 9.26. The number of aromatic nitrogens is 3. The first-order valence-electron chi connectivity index (χ1n) is 10.3. The Bertz CT molecular complexity index is 1470. The van der Waals surface area contributed by atoms with Gasteiger partial charge in [-0.15, -0.1) is 22.7 Å². The van der Waals surface area contributed by atoms with Crippen LogP contribution in [0.25, 0.3) is 16.3 Å². The summed E-state index contributed by atoms with van der Waals surface area (Å²) in [7, 11) is 1.90. The van der Waals surface area contributed by atoms with Crippen molar-refractivity contribution in [3.8, 4) is 16.3 Å². The van der Waals surface area contributed by atoms with Gasteiger partial charge in [0.15, 0.2) is 10.5 Å². The van der Waals surface area contributed by atoms with Gasteiger partial charge in [0.05, 0.1) is 28.5 Å². The summed E-state index contributed by atoms with van der Waals surface area (Å²) < 4.78 is 5.74. The van der Waals surface area contributed by atoms with E-state index in [1.54, 1.807) is 27.4 Å². The van der Waals surface area contributed by atoms with E-state index in [-0.39, 0.29) is 5.56 Å². The average molecular weight is 459 g/mol. The highest BCUT2D eigenvalue weighted by Crippen LogP contribution is 2.26. The average Bonchev–Trinajstić information content (AvgIpc) is 3.52. The zero-order valence-electron chi connectivity index (χ0n) is 17.8. The molecule has 32 heavy (non-hydrogen) atoms. The van der Waals surface area contributed by atoms with E-state index in [1.165, 1.54) is 10.4 Å². The number of thiophene rings is 1. The minimum Gasteiger partial charge on any atom is -0.311 e. The van der Waals surface area contributed by atoms with E-state index < -0.39 is 0 Å². The molecule has 5 aromatic rings. The molecule has 0 saturated carbocycles. The zero-order valence-corrected chi connectivity index (χ0v) is 19.4. The van der Waals surface area contributed by atoms with Gasteiger partial charge in [-0.05, 0) is 36.1 Å². The molecular weight excluding hydrogens is 436 g/mol. The van der Waals surface area contributed by atoms with Gasteiger partial charge in [-0.1, -0.05) is 54.6 Å². The lowest BCUT2D eigenvalue weighted by molar-refractivity contribution is 0.630. The third-order valence-electron chi connectivity index (χ3n) is 5.49. The Kier molecular flexibility index (Phi) is 5.51. The first-order valence-corrected chi connectivity index (χ1v) is 12.0. The van der Waals surface area contributed by atoms with Crippen molar-refractivity contribution in [2.24, 2.45) is 12.0 Å². The normalized spacial score (nSPS) is 11.9. The van der Waals surface area contributed by atoms with E-state index in [9.17, 15) is 4.79 Å². The maximum atomic E-state index is 13.4. The fraction of sp³-hybridized carbons (Fsp3) is 0.120. The van der Waals surface area contributed by atoms with E-state index in [0.29, 0.717) is 12.2 Å². The SMILES string of the molecule is Cc1c(N=c2scc(-c3cccs3)n2Cc2ccccc2)c(=O)n(-c2ccccc2)n1C. The molecule has 0 aliphatic rings. The van der Waals surface area contributed by atoms with Gasteiger partial charge in [-0.25, -0.2) is 9.67 Å². The highest BCUT2D eigenvalue weighted by Gasteiger charge is 2.17. The maximum absolute atomic E-state index is 13.4. The van der Waals surface area contributed by atoms with Gasteiger partial charge in [0.25, 0.3) is 5.56 Å². The van der Waals surface area contributed by atoms with Crippen LogP contribution in [0, 0.1) is 6.92 Å². The number of rotatable bonds is 5. The van der Waals surface area contributed by atoms with Crippen molar-refractivity contribution in [2.45, 2.75) is 13.5 Å². The number of hydrogen-bond acceptors (Lipinski definition) is 4. The lowest BCUT2D eigenvalue weighted by Crippen LogP contribution is -2.20. The van der Waals surface area contributed by atoms with Crippen LogP contribution in [0.1, 0.15) is 11.3 Å². The second-order valence-electron chi connectivity index (χ2n) is 7.47. The number of hydrogen-bond donors (Lipinski definition) is 0. The first kappa shape index (κ1) is 20.5. The lowest BCUT2D eigenvalue weighted by Gasteiger charge is -2.08. The smallest absolute Gasteiger partial charge is 0.297 e. The molecule has 3 aromatic heterocycles. The molecule has 0 unspecified atom stereocenters. The molecular formula is C25H22N4OS2. The predicted octanol–water partition coefficient (Wildman–Crippen LogP) is 5.36. The molecule has 0 bridgehead atoms. The van der Waals surface area contributed by atoms with Crippen molar-refractivity contribution in [1.82, 2.24) is 13.9 Å². The number of thiazole rings is 1. The van der Waals surface area contributed by atoms with Gasteiger partial charge in [0.2, 0.25) is 0 Å². The van der Waals surface area contributed by atoms with Gasteiger partial charge in [-0.3, -0.25) is 9.48 Å². The van der Waals surface area contributed by atoms with Crippen LogP contribution in [0.4, 0.5) is 5.69 Å². The van der Waals surface area contributed by atoms with Crippen molar-refractivity contribution < 1.29 is 0 Å². The van der Waals surface area contributed by atoms with Crippen molar-refractivity contribution in [3.63, 3.8) is 0 Å². The molecule has 2 aromatic carbocycles. The van der Waals surface area contributed by atoms with Crippen LogP contribution in [0.2, 0.25) is 0 Å². The minimum atomic E-state index is -0.117. The van der Waals surface area contributed by atoms with Gasteiger partial charge in [0.1, 0.15) is 0 Å². The highest BCUT2D eigenvalue weighted by molar-refractivity contribution is 7.14. The monoisotopic (exact) mass is 458 g/mol. The molecule has 5 rings (SSSR count). The number of benzene rings is 2. The number of nitrogens with zero attached hydrogens (tertiary/aromatic N) is 4. The standard InChI is InChI=1S/C25H22N4OS2/c1-18-23(24(30)29(27(18)2)20-12-7-4-8-13-20)26-25-28(16-19-10-5-3-6-11-19)21(17-32-25)22-14-9-15-31-22/h3-15,17H,16H2,1-2H3. The summed E-state index contributed by atoms with van der Waals surface area (Å²) in [5.74, 6) is 0. The molecule has 0 radical (unpaired) electrons. The molecule has 0 aliphatic heterocycles. The van der Waals surface area contributed by atoms with Crippen LogP contribution in [-0.4, -0.2) is 13.9 Å². The summed E-state index contributed by atoms with van der Waals surface area (Å²) in [6.45, 7) is 2.63. The van der Waals surface area contributed by atoms with Gasteiger partial charge in [0, 0.05) is 12.4 Å². The molecule has 0 amide bonds. The fourth-order valence-corrected chi connectivity index (χ4v) is 5.47. The molecule has 160 valence electrons. The van der Waals surface area contributed by atoms with Crippen molar-refractivity contribution >= 4 is 28.4 Å². The van der Waals surface area contributed by atoms with Gasteiger partial charge < -0.3 is 4.57 Å². The summed E-state index contributed by atoms with van der Waals surface area (Å²) in [6.07, 6.45) is 0. The summed E-state index contributed by atoms with van der Waals surface area (Å²) >= 11 is 3.27. The van der Waals surface area contributed by atoms with E-state index in [1.807, 2.05) is 67.2 Å². The summed E-state index contributed by atoms with van der Waals surface area (Å²) in [4.78, 5) is 20.3. The van der Waals surface area contributed by atoms with E-state index in [0.717, 1.165) is 21.9 Å². The third-order valence-corrected chi connectivity index (χ3v) is 7.24. The minimum absolute atomic E-state index is 0.117. The highest BCUT2D eigenvalue weighted by atomic mass is 32.1. The summed E-state index contributed by atoms with van der Waals surface area (Å²) in [6, 6.07) is 24.2. The van der Waals surface area contributed by atoms with Crippen molar-refractivity contribution in [2.75, 3.05) is 0 Å². The molecule has 0 N–H and O–H groups in total. The van der Waals surface area contributed by atoms with Crippen LogP contribution >= 0.6 is 22.7 Å². The van der Waals surface area contributed by atoms with Crippen molar-refractivity contribution in [1.29, 1.82) is 0 Å². The summed E-state index contributed by atoms with van der Waals surface area (Å²) in [5.41, 5.74) is 4.32. The molecule has 0 saturated heterocycles. The van der Waals surface area contributed by atoms with E-state index in [4.69, 9.17) is 4.99 Å². The Balaban J connectivity index is 1.69. The van der Waals surface area contributed by atoms with E-state index in [2.05, 4.69) is 39.6 Å². The Morgan fingerprint density at radius 3 is 2.31 bits per heavy atom. The van der Waals surface area contributed by atoms with Crippen LogP contribution in [0.3, 0.4) is 0 Å². The molecule has 0 atom stereocenters. The van der Waals surface area contributed by atoms with Crippen LogP contribution in [-0.2, 0) is 13.6 Å². The third kappa shape index (κ3) is 3.70. The van der Waals surface area contributed by atoms with Gasteiger partial charge in [-0.2, -0.15) is 0 Å². The molecule has 7 heteroatoms. The molecule has 0 fully saturated rings.